The predicted molar refractivity (Wildman–Crippen MR) is 97.3 cm³/mol. The Hall–Kier alpha value is -1.85. The van der Waals surface area contributed by atoms with Crippen molar-refractivity contribution in [2.24, 2.45) is 0 Å². The van der Waals surface area contributed by atoms with Crippen LogP contribution in [0.25, 0.3) is 0 Å². The molecule has 0 heterocycles. The van der Waals surface area contributed by atoms with Gasteiger partial charge in [0.05, 0.1) is 4.90 Å². The van der Waals surface area contributed by atoms with Crippen molar-refractivity contribution >= 4 is 10.0 Å². The summed E-state index contributed by atoms with van der Waals surface area (Å²) >= 11 is 0. The molecule has 0 atom stereocenters. The van der Waals surface area contributed by atoms with Crippen LogP contribution in [-0.2, 0) is 10.0 Å². The Morgan fingerprint density at radius 3 is 2.25 bits per heavy atom. The van der Waals surface area contributed by atoms with Crippen LogP contribution in [-0.4, -0.2) is 21.6 Å². The van der Waals surface area contributed by atoms with Gasteiger partial charge in [0.15, 0.2) is 0 Å². The minimum Gasteiger partial charge on any atom is -0.492 e. The first-order chi connectivity index (χ1) is 11.2. The second-order valence-corrected chi connectivity index (χ2v) is 7.95. The molecule has 0 unspecified atom stereocenters. The Bertz CT molecular complexity index is 842. The van der Waals surface area contributed by atoms with E-state index in [1.54, 1.807) is 13.0 Å². The van der Waals surface area contributed by atoms with Crippen LogP contribution in [0.3, 0.4) is 0 Å². The van der Waals surface area contributed by atoms with E-state index in [9.17, 15) is 8.42 Å². The average Bonchev–Trinajstić information content (AvgIpc) is 2.50. The molecule has 0 fully saturated rings. The summed E-state index contributed by atoms with van der Waals surface area (Å²) in [7, 11) is -3.52. The Morgan fingerprint density at radius 2 is 1.54 bits per heavy atom. The van der Waals surface area contributed by atoms with Gasteiger partial charge < -0.3 is 4.74 Å². The zero-order valence-corrected chi connectivity index (χ0v) is 15.8. The van der Waals surface area contributed by atoms with Crippen molar-refractivity contribution in [2.75, 3.05) is 13.2 Å². The highest BCUT2D eigenvalue weighted by Crippen LogP contribution is 2.22. The number of nitrogens with one attached hydrogen (secondary N) is 1. The standard InChI is InChI=1S/C19H25NO3S/c1-13-6-7-14(2)19(10-13)24(21,22)20-8-9-23-18-12-16(4)15(3)11-17(18)5/h6-7,10-12,20H,8-9H2,1-5H3. The number of rotatable bonds is 6. The van der Waals surface area contributed by atoms with Gasteiger partial charge in [-0.1, -0.05) is 18.2 Å². The van der Waals surface area contributed by atoms with E-state index < -0.39 is 10.0 Å². The Kier molecular flexibility index (Phi) is 5.67. The molecule has 2 aromatic carbocycles. The van der Waals surface area contributed by atoms with Gasteiger partial charge in [0.25, 0.3) is 0 Å². The lowest BCUT2D eigenvalue weighted by Gasteiger charge is -2.13. The molecule has 24 heavy (non-hydrogen) atoms. The molecule has 0 aromatic heterocycles. The summed E-state index contributed by atoms with van der Waals surface area (Å²) in [4.78, 5) is 0.324. The van der Waals surface area contributed by atoms with Gasteiger partial charge in [-0.05, 0) is 74.6 Å². The maximum Gasteiger partial charge on any atom is 0.240 e. The lowest BCUT2D eigenvalue weighted by Crippen LogP contribution is -2.29. The van der Waals surface area contributed by atoms with Gasteiger partial charge in [0.1, 0.15) is 12.4 Å². The maximum atomic E-state index is 12.4. The minimum atomic E-state index is -3.52. The SMILES string of the molecule is Cc1ccc(C)c(S(=O)(=O)NCCOc2cc(C)c(C)cc2C)c1. The third-order valence-corrected chi connectivity index (χ3v) is 5.68. The fourth-order valence-electron chi connectivity index (χ4n) is 2.50. The van der Waals surface area contributed by atoms with Crippen molar-refractivity contribution in [3.05, 3.63) is 58.1 Å². The number of hydrogen-bond donors (Lipinski definition) is 1. The summed E-state index contributed by atoms with van der Waals surface area (Å²) in [6.07, 6.45) is 0. The normalized spacial score (nSPS) is 11.5. The second-order valence-electron chi connectivity index (χ2n) is 6.22. The van der Waals surface area contributed by atoms with E-state index in [2.05, 4.69) is 17.7 Å². The van der Waals surface area contributed by atoms with E-state index in [1.165, 1.54) is 5.56 Å². The van der Waals surface area contributed by atoms with Crippen molar-refractivity contribution in [1.82, 2.24) is 4.72 Å². The Balaban J connectivity index is 1.99. The predicted octanol–water partition coefficient (Wildman–Crippen LogP) is 3.59. The molecule has 0 aliphatic carbocycles. The molecule has 2 rings (SSSR count). The first-order valence-electron chi connectivity index (χ1n) is 7.98. The van der Waals surface area contributed by atoms with Crippen LogP contribution in [0.15, 0.2) is 35.2 Å². The number of hydrogen-bond acceptors (Lipinski definition) is 3. The summed E-state index contributed by atoms with van der Waals surface area (Å²) < 4.78 is 33.2. The lowest BCUT2D eigenvalue weighted by molar-refractivity contribution is 0.320. The van der Waals surface area contributed by atoms with Crippen molar-refractivity contribution < 1.29 is 13.2 Å². The highest BCUT2D eigenvalue weighted by molar-refractivity contribution is 7.89. The molecule has 0 amide bonds. The fourth-order valence-corrected chi connectivity index (χ4v) is 3.84. The first-order valence-corrected chi connectivity index (χ1v) is 9.46. The number of sulfonamides is 1. The molecular formula is C19H25NO3S. The van der Waals surface area contributed by atoms with Gasteiger partial charge in [-0.2, -0.15) is 0 Å². The topological polar surface area (TPSA) is 55.4 Å². The number of benzene rings is 2. The zero-order valence-electron chi connectivity index (χ0n) is 14.9. The molecular weight excluding hydrogens is 322 g/mol. The smallest absolute Gasteiger partial charge is 0.240 e. The van der Waals surface area contributed by atoms with Crippen molar-refractivity contribution in [3.63, 3.8) is 0 Å². The summed E-state index contributed by atoms with van der Waals surface area (Å²) in [5.74, 6) is 0.795. The van der Waals surface area contributed by atoms with Crippen molar-refractivity contribution in [1.29, 1.82) is 0 Å². The van der Waals surface area contributed by atoms with Crippen LogP contribution in [0.2, 0.25) is 0 Å². The van der Waals surface area contributed by atoms with E-state index in [4.69, 9.17) is 4.74 Å². The monoisotopic (exact) mass is 347 g/mol. The summed E-state index contributed by atoms with van der Waals surface area (Å²) in [6, 6.07) is 9.47. The van der Waals surface area contributed by atoms with Crippen LogP contribution >= 0.6 is 0 Å². The summed E-state index contributed by atoms with van der Waals surface area (Å²) in [5.41, 5.74) is 5.08. The molecule has 2 aromatic rings. The van der Waals surface area contributed by atoms with E-state index in [0.717, 1.165) is 28.0 Å². The van der Waals surface area contributed by atoms with E-state index >= 15 is 0 Å². The lowest BCUT2D eigenvalue weighted by atomic mass is 10.1. The minimum absolute atomic E-state index is 0.224. The van der Waals surface area contributed by atoms with Crippen LogP contribution in [0.4, 0.5) is 0 Å². The molecule has 5 heteroatoms. The van der Waals surface area contributed by atoms with Crippen LogP contribution in [0, 0.1) is 34.6 Å². The van der Waals surface area contributed by atoms with E-state index in [0.29, 0.717) is 4.90 Å². The number of ether oxygens (including phenoxy) is 1. The molecule has 0 aliphatic heterocycles. The molecule has 0 spiro atoms. The highest BCUT2D eigenvalue weighted by Gasteiger charge is 2.16. The molecule has 4 nitrogen and oxygen atoms in total. The zero-order chi connectivity index (χ0) is 17.9. The summed E-state index contributed by atoms with van der Waals surface area (Å²) in [6.45, 7) is 10.3. The molecule has 0 radical (unpaired) electrons. The van der Waals surface area contributed by atoms with Crippen molar-refractivity contribution in [2.45, 2.75) is 39.5 Å². The van der Waals surface area contributed by atoms with Gasteiger partial charge in [0.2, 0.25) is 10.0 Å². The summed E-state index contributed by atoms with van der Waals surface area (Å²) in [5, 5.41) is 0. The molecule has 1 N–H and O–H groups in total. The third-order valence-electron chi connectivity index (χ3n) is 4.08. The Labute approximate surface area is 144 Å². The molecule has 0 bridgehead atoms. The quantitative estimate of drug-likeness (QED) is 0.813. The van der Waals surface area contributed by atoms with Crippen LogP contribution in [0.5, 0.6) is 5.75 Å². The van der Waals surface area contributed by atoms with Gasteiger partial charge in [-0.15, -0.1) is 0 Å². The highest BCUT2D eigenvalue weighted by atomic mass is 32.2. The molecule has 0 aliphatic rings. The fraction of sp³-hybridized carbons (Fsp3) is 0.368. The van der Waals surface area contributed by atoms with Crippen LogP contribution < -0.4 is 9.46 Å². The van der Waals surface area contributed by atoms with Crippen LogP contribution in [0.1, 0.15) is 27.8 Å². The largest absolute Gasteiger partial charge is 0.492 e. The van der Waals surface area contributed by atoms with Gasteiger partial charge in [-0.25, -0.2) is 13.1 Å². The number of aryl methyl sites for hydroxylation is 5. The molecule has 0 saturated carbocycles. The second kappa shape index (κ2) is 7.36. The van der Waals surface area contributed by atoms with Crippen molar-refractivity contribution in [3.8, 4) is 5.75 Å². The third kappa shape index (κ3) is 4.36. The average molecular weight is 347 g/mol. The first kappa shape index (κ1) is 18.5. The Morgan fingerprint density at radius 1 is 0.875 bits per heavy atom. The molecule has 0 saturated heterocycles. The van der Waals surface area contributed by atoms with Gasteiger partial charge in [0, 0.05) is 6.54 Å². The maximum absolute atomic E-state index is 12.4. The van der Waals surface area contributed by atoms with Gasteiger partial charge in [-0.3, -0.25) is 0 Å². The molecule has 130 valence electrons. The van der Waals surface area contributed by atoms with E-state index in [1.807, 2.05) is 39.0 Å². The van der Waals surface area contributed by atoms with E-state index in [-0.39, 0.29) is 13.2 Å². The van der Waals surface area contributed by atoms with Gasteiger partial charge >= 0.3 is 0 Å².